The summed E-state index contributed by atoms with van der Waals surface area (Å²) in [5, 5.41) is 8.11. The summed E-state index contributed by atoms with van der Waals surface area (Å²) in [6.45, 7) is 0. The minimum atomic E-state index is -2.67. The van der Waals surface area contributed by atoms with Crippen LogP contribution in [0.4, 0.5) is 17.1 Å². The van der Waals surface area contributed by atoms with Crippen molar-refractivity contribution in [2.75, 3.05) is 4.90 Å². The third-order valence-corrected chi connectivity index (χ3v) is 17.2. The van der Waals surface area contributed by atoms with E-state index in [1.165, 1.54) is 43.0 Å². The summed E-state index contributed by atoms with van der Waals surface area (Å²) in [6, 6.07) is 78.1. The molecule has 0 aliphatic carbocycles. The molecule has 9 aromatic carbocycles. The molecule has 0 saturated heterocycles. The Hall–Kier alpha value is -7.20. The maximum Gasteiger partial charge on any atom is 0.182 e. The van der Waals surface area contributed by atoms with Crippen LogP contribution in [-0.2, 0) is 0 Å². The molecule has 2 nitrogen and oxygen atoms in total. The van der Waals surface area contributed by atoms with Crippen LogP contribution >= 0.6 is 0 Å². The Kier molecular flexibility index (Phi) is 6.98. The highest BCUT2D eigenvalue weighted by molar-refractivity contribution is 7.24. The van der Waals surface area contributed by atoms with Gasteiger partial charge in [-0.15, -0.1) is 0 Å². The second-order valence-corrected chi connectivity index (χ2v) is 18.8. The first-order chi connectivity index (χ1) is 28.3. The molecular weight excluding hydrogens is 707 g/mol. The van der Waals surface area contributed by atoms with Crippen LogP contribution in [0.5, 0.6) is 0 Å². The number of fused-ring (bicyclic) bond motifs is 13. The average molecular weight is 742 g/mol. The zero-order valence-electron chi connectivity index (χ0n) is 31.1. The van der Waals surface area contributed by atoms with Crippen LogP contribution in [0.2, 0.25) is 0 Å². The summed E-state index contributed by atoms with van der Waals surface area (Å²) >= 11 is 0. The molecule has 0 atom stereocenters. The van der Waals surface area contributed by atoms with Crippen molar-refractivity contribution in [3.8, 4) is 44.5 Å². The highest BCUT2D eigenvalue weighted by Crippen LogP contribution is 2.49. The minimum absolute atomic E-state index is 0.893. The molecule has 1 aromatic heterocycles. The second-order valence-electron chi connectivity index (χ2n) is 15.1. The minimum Gasteiger partial charge on any atom is -0.455 e. The molecule has 57 heavy (non-hydrogen) atoms. The van der Waals surface area contributed by atoms with E-state index in [4.69, 9.17) is 4.42 Å². The SMILES string of the molecule is c1ccc(-c2cccc(N(c3ccccc3)c3ccc4c(c3)[Si]3(c5ccccc5-c5ccccc53)c3ccccc3-4)c2-c2cccc3c2oc2ccccc23)cc1. The lowest BCUT2D eigenvalue weighted by atomic mass is 9.91. The predicted molar refractivity (Wildman–Crippen MR) is 241 cm³/mol. The Bertz CT molecular complexity index is 3140. The van der Waals surface area contributed by atoms with E-state index in [0.717, 1.165) is 61.3 Å². The van der Waals surface area contributed by atoms with Crippen molar-refractivity contribution in [2.45, 2.75) is 0 Å². The van der Waals surface area contributed by atoms with Gasteiger partial charge in [0.05, 0.1) is 5.69 Å². The van der Waals surface area contributed by atoms with E-state index in [1.54, 1.807) is 0 Å². The van der Waals surface area contributed by atoms with Gasteiger partial charge < -0.3 is 9.32 Å². The van der Waals surface area contributed by atoms with Gasteiger partial charge in [0.2, 0.25) is 0 Å². The lowest BCUT2D eigenvalue weighted by molar-refractivity contribution is 0.670. The largest absolute Gasteiger partial charge is 0.455 e. The van der Waals surface area contributed by atoms with E-state index in [-0.39, 0.29) is 0 Å². The second kappa shape index (κ2) is 12.4. The molecule has 2 aliphatic rings. The van der Waals surface area contributed by atoms with Crippen molar-refractivity contribution in [2.24, 2.45) is 0 Å². The predicted octanol–water partition coefficient (Wildman–Crippen LogP) is 11.7. The summed E-state index contributed by atoms with van der Waals surface area (Å²) in [5.74, 6) is 0. The van der Waals surface area contributed by atoms with Crippen molar-refractivity contribution in [3.05, 3.63) is 212 Å². The molecule has 266 valence electrons. The first kappa shape index (κ1) is 32.1. The van der Waals surface area contributed by atoms with Gasteiger partial charge in [0, 0.05) is 33.3 Å². The van der Waals surface area contributed by atoms with Gasteiger partial charge in [0.1, 0.15) is 11.2 Å². The van der Waals surface area contributed by atoms with Crippen LogP contribution in [0, 0.1) is 0 Å². The molecule has 0 fully saturated rings. The van der Waals surface area contributed by atoms with Crippen LogP contribution in [0.1, 0.15) is 0 Å². The summed E-state index contributed by atoms with van der Waals surface area (Å²) in [7, 11) is -2.67. The fourth-order valence-electron chi connectivity index (χ4n) is 10.0. The van der Waals surface area contributed by atoms with Gasteiger partial charge in [0.25, 0.3) is 0 Å². The van der Waals surface area contributed by atoms with Crippen LogP contribution in [0.3, 0.4) is 0 Å². The summed E-state index contributed by atoms with van der Waals surface area (Å²) in [4.78, 5) is 2.47. The van der Waals surface area contributed by atoms with Gasteiger partial charge in [-0.05, 0) is 90.5 Å². The van der Waals surface area contributed by atoms with Gasteiger partial charge in [0.15, 0.2) is 8.07 Å². The number of nitrogens with zero attached hydrogens (tertiary/aromatic N) is 1. The Morgan fingerprint density at radius 2 is 0.877 bits per heavy atom. The van der Waals surface area contributed by atoms with Gasteiger partial charge in [-0.1, -0.05) is 176 Å². The zero-order valence-corrected chi connectivity index (χ0v) is 32.1. The molecule has 0 amide bonds. The van der Waals surface area contributed by atoms with Crippen molar-refractivity contribution < 1.29 is 4.42 Å². The van der Waals surface area contributed by atoms with E-state index in [1.807, 2.05) is 6.07 Å². The fraction of sp³-hybridized carbons (Fsp3) is 0. The number of anilines is 3. The van der Waals surface area contributed by atoms with E-state index in [2.05, 4.69) is 211 Å². The number of furan rings is 1. The molecule has 0 saturated carbocycles. The molecule has 12 rings (SSSR count). The van der Waals surface area contributed by atoms with Gasteiger partial charge in [-0.3, -0.25) is 0 Å². The lowest BCUT2D eigenvalue weighted by Gasteiger charge is -2.32. The number of rotatable bonds is 5. The highest BCUT2D eigenvalue weighted by atomic mass is 28.3. The molecule has 0 unspecified atom stereocenters. The number of hydrogen-bond acceptors (Lipinski definition) is 2. The monoisotopic (exact) mass is 741 g/mol. The Morgan fingerprint density at radius 1 is 0.351 bits per heavy atom. The Balaban J connectivity index is 1.17. The lowest BCUT2D eigenvalue weighted by Crippen LogP contribution is -2.70. The van der Waals surface area contributed by atoms with Crippen molar-refractivity contribution in [3.63, 3.8) is 0 Å². The zero-order chi connectivity index (χ0) is 37.5. The standard InChI is InChI=1S/C54H35NOSi/c1-3-17-36(18-4-1)39-25-16-28-47(53(39)46-27-15-26-45-40-21-7-11-29-48(40)56-54(45)46)55(37-19-5-2-6-20-37)38-33-34-44-43-24-10-14-32-51(43)57(52(44)35-38)49-30-12-8-22-41(49)42-23-9-13-31-50(42)57/h1-35H. The van der Waals surface area contributed by atoms with Crippen LogP contribution in [-0.4, -0.2) is 8.07 Å². The Morgan fingerprint density at radius 3 is 1.58 bits per heavy atom. The molecule has 3 heterocycles. The van der Waals surface area contributed by atoms with Crippen LogP contribution in [0.15, 0.2) is 217 Å². The third kappa shape index (κ3) is 4.52. The van der Waals surface area contributed by atoms with E-state index >= 15 is 0 Å². The smallest absolute Gasteiger partial charge is 0.182 e. The molecule has 10 aromatic rings. The first-order valence-electron chi connectivity index (χ1n) is 19.7. The first-order valence-corrected chi connectivity index (χ1v) is 21.7. The van der Waals surface area contributed by atoms with Gasteiger partial charge in [-0.2, -0.15) is 0 Å². The van der Waals surface area contributed by atoms with Gasteiger partial charge in [-0.25, -0.2) is 0 Å². The molecule has 0 N–H and O–H groups in total. The van der Waals surface area contributed by atoms with E-state index < -0.39 is 8.07 Å². The topological polar surface area (TPSA) is 16.4 Å². The van der Waals surface area contributed by atoms with Crippen LogP contribution in [0.25, 0.3) is 66.4 Å². The van der Waals surface area contributed by atoms with E-state index in [9.17, 15) is 0 Å². The number of para-hydroxylation sites is 3. The quantitative estimate of drug-likeness (QED) is 0.163. The molecule has 0 radical (unpaired) electrons. The van der Waals surface area contributed by atoms with Gasteiger partial charge >= 0.3 is 0 Å². The Labute approximate surface area is 332 Å². The van der Waals surface area contributed by atoms with E-state index in [0.29, 0.717) is 0 Å². The maximum atomic E-state index is 6.79. The molecule has 1 spiro atoms. The molecule has 2 aliphatic heterocycles. The fourth-order valence-corrected chi connectivity index (χ4v) is 15.7. The van der Waals surface area contributed by atoms with Crippen molar-refractivity contribution in [1.82, 2.24) is 0 Å². The normalized spacial score (nSPS) is 13.1. The maximum absolute atomic E-state index is 6.79. The van der Waals surface area contributed by atoms with Crippen molar-refractivity contribution in [1.29, 1.82) is 0 Å². The summed E-state index contributed by atoms with van der Waals surface area (Å²) < 4.78 is 6.79. The third-order valence-electron chi connectivity index (χ3n) is 12.3. The van der Waals surface area contributed by atoms with Crippen LogP contribution < -0.4 is 25.6 Å². The molecular formula is C54H35NOSi. The highest BCUT2D eigenvalue weighted by Gasteiger charge is 2.54. The number of hydrogen-bond donors (Lipinski definition) is 0. The van der Waals surface area contributed by atoms with Crippen molar-refractivity contribution >= 4 is 67.8 Å². The molecule has 3 heteroatoms. The average Bonchev–Trinajstić information content (AvgIpc) is 3.91. The molecule has 0 bridgehead atoms. The summed E-state index contributed by atoms with van der Waals surface area (Å²) in [6.07, 6.45) is 0. The number of benzene rings is 9. The summed E-state index contributed by atoms with van der Waals surface area (Å²) in [5.41, 5.74) is 15.0.